The first-order valence-corrected chi connectivity index (χ1v) is 11.9. The van der Waals surface area contributed by atoms with E-state index < -0.39 is 28.7 Å². The Labute approximate surface area is 189 Å². The lowest BCUT2D eigenvalue weighted by molar-refractivity contribution is -0.165. The van der Waals surface area contributed by atoms with Crippen molar-refractivity contribution in [2.75, 3.05) is 0 Å². The minimum atomic E-state index is -1.03. The second kappa shape index (κ2) is 7.67. The second-order valence-electron chi connectivity index (χ2n) is 10.9. The van der Waals surface area contributed by atoms with Gasteiger partial charge in [0.05, 0.1) is 12.3 Å². The van der Waals surface area contributed by atoms with Crippen molar-refractivity contribution in [1.29, 1.82) is 0 Å². The molecule has 0 bridgehead atoms. The summed E-state index contributed by atoms with van der Waals surface area (Å²) in [6.07, 6.45) is 9.93. The largest absolute Gasteiger partial charge is 0.481 e. The molecule has 0 radical (unpaired) electrons. The molecule has 1 unspecified atom stereocenters. The number of carboxylic acids is 2. The summed E-state index contributed by atoms with van der Waals surface area (Å²) >= 11 is 0. The number of carboxylic acid groups (broad SMARTS) is 2. The Bertz CT molecular complexity index is 931. The highest BCUT2D eigenvalue weighted by atomic mass is 16.4. The molecule has 0 spiro atoms. The average Bonchev–Trinajstić information content (AvgIpc) is 3.05. The number of carbonyl (C=O) groups excluding carboxylic acids is 2. The van der Waals surface area contributed by atoms with Gasteiger partial charge in [-0.05, 0) is 73.8 Å². The van der Waals surface area contributed by atoms with Crippen molar-refractivity contribution >= 4 is 23.5 Å². The molecule has 3 fully saturated rings. The number of allylic oxidation sites excluding steroid dienone is 4. The molecule has 6 heteroatoms. The van der Waals surface area contributed by atoms with Crippen molar-refractivity contribution in [2.45, 2.75) is 72.1 Å². The summed E-state index contributed by atoms with van der Waals surface area (Å²) in [6, 6.07) is 0. The maximum Gasteiger partial charge on any atom is 0.307 e. The minimum absolute atomic E-state index is 0.0516. The predicted molar refractivity (Wildman–Crippen MR) is 118 cm³/mol. The third-order valence-electron chi connectivity index (χ3n) is 9.99. The Hall–Kier alpha value is -2.24. The van der Waals surface area contributed by atoms with Crippen molar-refractivity contribution in [2.24, 2.45) is 39.9 Å². The summed E-state index contributed by atoms with van der Waals surface area (Å²) in [4.78, 5) is 48.9. The lowest BCUT2D eigenvalue weighted by Gasteiger charge is -2.59. The normalized spacial score (nSPS) is 41.2. The summed E-state index contributed by atoms with van der Waals surface area (Å²) < 4.78 is 0. The van der Waals surface area contributed by atoms with Gasteiger partial charge in [0.1, 0.15) is 5.78 Å². The Kier molecular flexibility index (Phi) is 5.50. The van der Waals surface area contributed by atoms with E-state index in [9.17, 15) is 24.3 Å². The van der Waals surface area contributed by atoms with Gasteiger partial charge in [-0.2, -0.15) is 0 Å². The van der Waals surface area contributed by atoms with Crippen LogP contribution >= 0.6 is 0 Å². The number of Topliss-reactive ketones (excluding diaryl/α,β-unsaturated/α-hetero) is 1. The van der Waals surface area contributed by atoms with Crippen molar-refractivity contribution in [3.63, 3.8) is 0 Å². The van der Waals surface area contributed by atoms with Crippen LogP contribution in [0, 0.1) is 39.9 Å². The Balaban J connectivity index is 1.71. The number of rotatable bonds is 6. The molecule has 174 valence electrons. The number of hydrogen-bond acceptors (Lipinski definition) is 4. The molecule has 4 aliphatic rings. The molecule has 0 aromatic carbocycles. The van der Waals surface area contributed by atoms with Crippen LogP contribution in [0.2, 0.25) is 0 Å². The van der Waals surface area contributed by atoms with E-state index in [0.717, 1.165) is 32.1 Å². The van der Waals surface area contributed by atoms with E-state index in [2.05, 4.69) is 19.9 Å². The highest BCUT2D eigenvalue weighted by Crippen LogP contribution is 2.71. The van der Waals surface area contributed by atoms with Crippen LogP contribution in [0.4, 0.5) is 0 Å². The maximum absolute atomic E-state index is 13.6. The van der Waals surface area contributed by atoms with Crippen LogP contribution in [0.3, 0.4) is 0 Å². The van der Waals surface area contributed by atoms with E-state index >= 15 is 0 Å². The van der Waals surface area contributed by atoms with Crippen LogP contribution in [0.25, 0.3) is 0 Å². The molecular formula is C26H34O6. The van der Waals surface area contributed by atoms with Crippen molar-refractivity contribution < 1.29 is 29.4 Å². The van der Waals surface area contributed by atoms with E-state index in [-0.39, 0.29) is 35.7 Å². The SMILES string of the molecule is CC(C(=O)O)[C@]1(C(=O)CCC(=O)O)CC[C@H]2[C@@H]3CCC4=CC(=O)C=C[C@]4(C)[C@H]3CC[C@@]21C. The monoisotopic (exact) mass is 442 g/mol. The van der Waals surface area contributed by atoms with Gasteiger partial charge in [0, 0.05) is 17.3 Å². The third-order valence-corrected chi connectivity index (χ3v) is 9.99. The highest BCUT2D eigenvalue weighted by molar-refractivity contribution is 6.01. The predicted octanol–water partition coefficient (Wildman–Crippen LogP) is 4.44. The van der Waals surface area contributed by atoms with Crippen molar-refractivity contribution in [1.82, 2.24) is 0 Å². The lowest BCUT2D eigenvalue weighted by Crippen LogP contribution is -2.57. The third kappa shape index (κ3) is 3.05. The van der Waals surface area contributed by atoms with Crippen LogP contribution < -0.4 is 0 Å². The fourth-order valence-corrected chi connectivity index (χ4v) is 8.34. The summed E-state index contributed by atoms with van der Waals surface area (Å²) in [5, 5.41) is 19.1. The Morgan fingerprint density at radius 1 is 1.06 bits per heavy atom. The molecule has 4 aliphatic carbocycles. The fraction of sp³-hybridized carbons (Fsp3) is 0.692. The molecule has 0 aliphatic heterocycles. The van der Waals surface area contributed by atoms with Gasteiger partial charge in [0.25, 0.3) is 0 Å². The van der Waals surface area contributed by atoms with Gasteiger partial charge >= 0.3 is 11.9 Å². The lowest BCUT2D eigenvalue weighted by atomic mass is 9.44. The zero-order valence-electron chi connectivity index (χ0n) is 19.2. The molecule has 2 N–H and O–H groups in total. The molecule has 0 amide bonds. The van der Waals surface area contributed by atoms with Gasteiger partial charge in [0.2, 0.25) is 0 Å². The molecular weight excluding hydrogens is 408 g/mol. The first-order chi connectivity index (χ1) is 15.0. The van der Waals surface area contributed by atoms with Gasteiger partial charge in [0.15, 0.2) is 5.78 Å². The fourth-order valence-electron chi connectivity index (χ4n) is 8.34. The molecule has 3 saturated carbocycles. The molecule has 4 rings (SSSR count). The van der Waals surface area contributed by atoms with E-state index in [1.165, 1.54) is 5.57 Å². The van der Waals surface area contributed by atoms with E-state index in [4.69, 9.17) is 5.11 Å². The van der Waals surface area contributed by atoms with Gasteiger partial charge in [-0.1, -0.05) is 32.4 Å². The molecule has 0 heterocycles. The molecule has 7 atom stereocenters. The van der Waals surface area contributed by atoms with Crippen LogP contribution in [0.1, 0.15) is 72.1 Å². The van der Waals surface area contributed by atoms with Crippen LogP contribution in [0.15, 0.2) is 23.8 Å². The van der Waals surface area contributed by atoms with Crippen molar-refractivity contribution in [3.05, 3.63) is 23.8 Å². The van der Waals surface area contributed by atoms with Gasteiger partial charge in [-0.3, -0.25) is 19.2 Å². The van der Waals surface area contributed by atoms with E-state index in [1.807, 2.05) is 0 Å². The van der Waals surface area contributed by atoms with Crippen LogP contribution in [-0.2, 0) is 19.2 Å². The van der Waals surface area contributed by atoms with E-state index in [1.54, 1.807) is 19.1 Å². The number of fused-ring (bicyclic) bond motifs is 5. The first-order valence-electron chi connectivity index (χ1n) is 11.9. The molecule has 0 saturated heterocycles. The van der Waals surface area contributed by atoms with Gasteiger partial charge in [-0.15, -0.1) is 0 Å². The van der Waals surface area contributed by atoms with Crippen LogP contribution in [-0.4, -0.2) is 33.7 Å². The molecule has 0 aromatic rings. The molecule has 0 aromatic heterocycles. The first kappa shape index (κ1) is 22.9. The summed E-state index contributed by atoms with van der Waals surface area (Å²) in [5.74, 6) is -2.04. The Morgan fingerprint density at radius 2 is 1.75 bits per heavy atom. The number of ketones is 2. The average molecular weight is 443 g/mol. The minimum Gasteiger partial charge on any atom is -0.481 e. The van der Waals surface area contributed by atoms with E-state index in [0.29, 0.717) is 18.3 Å². The topological polar surface area (TPSA) is 109 Å². The number of aliphatic carboxylic acids is 2. The zero-order chi connectivity index (χ0) is 23.5. The summed E-state index contributed by atoms with van der Waals surface area (Å²) in [7, 11) is 0. The zero-order valence-corrected chi connectivity index (χ0v) is 19.2. The number of carbonyl (C=O) groups is 4. The standard InChI is InChI=1S/C26H34O6/c1-15(23(31)32)26(21(28)6-7-22(29)30)13-10-20-18-5-4-16-14-17(27)8-11-24(16,2)19(18)9-12-25(20,26)3/h8,11,14-15,18-20H,4-7,9-10,12-13H2,1-3H3,(H,29,30)(H,31,32)/t15?,18-,19+,20+,24+,25+,26+/m1/s1. The highest BCUT2D eigenvalue weighted by Gasteiger charge is 2.68. The second-order valence-corrected chi connectivity index (χ2v) is 10.9. The van der Waals surface area contributed by atoms with Crippen molar-refractivity contribution in [3.8, 4) is 0 Å². The van der Waals surface area contributed by atoms with Gasteiger partial charge in [-0.25, -0.2) is 0 Å². The Morgan fingerprint density at radius 3 is 2.41 bits per heavy atom. The quantitative estimate of drug-likeness (QED) is 0.630. The summed E-state index contributed by atoms with van der Waals surface area (Å²) in [6.45, 7) is 5.97. The number of hydrogen-bond donors (Lipinski definition) is 2. The summed E-state index contributed by atoms with van der Waals surface area (Å²) in [5.41, 5.74) is -0.447. The van der Waals surface area contributed by atoms with Gasteiger partial charge < -0.3 is 10.2 Å². The maximum atomic E-state index is 13.6. The van der Waals surface area contributed by atoms with Crippen LogP contribution in [0.5, 0.6) is 0 Å². The molecule has 6 nitrogen and oxygen atoms in total. The smallest absolute Gasteiger partial charge is 0.307 e. The molecule has 32 heavy (non-hydrogen) atoms.